The molecule has 3 amide bonds. The normalized spacial score (nSPS) is 12.9. The molecule has 2 unspecified atom stereocenters. The molecule has 1 aromatic rings. The van der Waals surface area contributed by atoms with E-state index in [1.807, 2.05) is 45.9 Å². The summed E-state index contributed by atoms with van der Waals surface area (Å²) in [6.07, 6.45) is 1.75. The molecule has 0 aromatic heterocycles. The minimum Gasteiger partial charge on any atom is -0.468 e. The number of unbranched alkanes of at least 4 members (excludes halogenated alkanes) is 2. The summed E-state index contributed by atoms with van der Waals surface area (Å²) in [5.41, 5.74) is 1.64. The molecule has 0 fully saturated rings. The average molecular weight is 520 g/mol. The predicted molar refractivity (Wildman–Crippen MR) is 143 cm³/mol. The first-order valence-electron chi connectivity index (χ1n) is 12.9. The third kappa shape index (κ3) is 10.1. The van der Waals surface area contributed by atoms with Gasteiger partial charge in [-0.05, 0) is 63.6 Å². The Morgan fingerprint density at radius 3 is 2.11 bits per heavy atom. The van der Waals surface area contributed by atoms with Crippen LogP contribution in [0.25, 0.3) is 0 Å². The Balaban J connectivity index is 3.56. The molecular weight excluding hydrogens is 474 g/mol. The highest BCUT2D eigenvalue weighted by Gasteiger charge is 2.38. The summed E-state index contributed by atoms with van der Waals surface area (Å²) in [4.78, 5) is 53.6. The van der Waals surface area contributed by atoms with Gasteiger partial charge in [-0.2, -0.15) is 0 Å². The second-order valence-electron chi connectivity index (χ2n) is 10.6. The van der Waals surface area contributed by atoms with Crippen molar-refractivity contribution < 1.29 is 28.7 Å². The number of hydrogen-bond acceptors (Lipinski definition) is 6. The molecule has 37 heavy (non-hydrogen) atoms. The fourth-order valence-corrected chi connectivity index (χ4v) is 4.04. The zero-order valence-electron chi connectivity index (χ0n) is 23.9. The Morgan fingerprint density at radius 1 is 1.03 bits per heavy atom. The molecule has 2 N–H and O–H groups in total. The number of methoxy groups -OCH3 is 1. The Labute approximate surface area is 221 Å². The first-order chi connectivity index (χ1) is 17.2. The lowest BCUT2D eigenvalue weighted by atomic mass is 9.92. The number of nitrogens with zero attached hydrogens (tertiary/aromatic N) is 1. The van der Waals surface area contributed by atoms with Gasteiger partial charge in [0.25, 0.3) is 0 Å². The van der Waals surface area contributed by atoms with Crippen molar-refractivity contribution in [2.45, 2.75) is 92.3 Å². The lowest BCUT2D eigenvalue weighted by Crippen LogP contribution is -2.55. The summed E-state index contributed by atoms with van der Waals surface area (Å²) in [5.74, 6) is -1.75. The van der Waals surface area contributed by atoms with Crippen LogP contribution < -0.4 is 10.6 Å². The third-order valence-electron chi connectivity index (χ3n) is 5.90. The Kier molecular flexibility index (Phi) is 12.6. The van der Waals surface area contributed by atoms with E-state index in [2.05, 4.69) is 22.3 Å². The topological polar surface area (TPSA) is 114 Å². The fraction of sp³-hybridized carbons (Fsp3) is 0.643. The lowest BCUT2D eigenvalue weighted by molar-refractivity contribution is -0.145. The van der Waals surface area contributed by atoms with Gasteiger partial charge in [0, 0.05) is 6.54 Å². The number of carbonyl (C=O) groups is 4. The van der Waals surface area contributed by atoms with Gasteiger partial charge < -0.3 is 25.0 Å². The molecule has 208 valence electrons. The summed E-state index contributed by atoms with van der Waals surface area (Å²) in [5, 5.41) is 5.35. The molecular formula is C28H45N3O6. The van der Waals surface area contributed by atoms with Crippen molar-refractivity contribution >= 4 is 23.9 Å². The van der Waals surface area contributed by atoms with Crippen LogP contribution in [0.2, 0.25) is 0 Å². The molecule has 0 bridgehead atoms. The van der Waals surface area contributed by atoms with E-state index in [-0.39, 0.29) is 12.5 Å². The number of ether oxygens (including phenoxy) is 2. The van der Waals surface area contributed by atoms with E-state index >= 15 is 0 Å². The second-order valence-corrected chi connectivity index (χ2v) is 10.6. The van der Waals surface area contributed by atoms with Gasteiger partial charge in [-0.3, -0.25) is 14.4 Å². The van der Waals surface area contributed by atoms with E-state index in [9.17, 15) is 19.2 Å². The maximum absolute atomic E-state index is 14.1. The van der Waals surface area contributed by atoms with E-state index in [1.54, 1.807) is 20.8 Å². The van der Waals surface area contributed by atoms with Gasteiger partial charge in [-0.1, -0.05) is 51.8 Å². The highest BCUT2D eigenvalue weighted by atomic mass is 16.6. The quantitative estimate of drug-likeness (QED) is 0.316. The molecule has 0 saturated carbocycles. The first-order valence-corrected chi connectivity index (χ1v) is 12.9. The van der Waals surface area contributed by atoms with Gasteiger partial charge >= 0.3 is 12.1 Å². The van der Waals surface area contributed by atoms with Crippen molar-refractivity contribution in [3.8, 4) is 0 Å². The van der Waals surface area contributed by atoms with E-state index in [0.29, 0.717) is 18.5 Å². The van der Waals surface area contributed by atoms with Crippen molar-refractivity contribution in [3.05, 3.63) is 34.9 Å². The van der Waals surface area contributed by atoms with Crippen LogP contribution in [-0.2, 0) is 23.9 Å². The Bertz CT molecular complexity index is 918. The van der Waals surface area contributed by atoms with Gasteiger partial charge in [0.1, 0.15) is 24.2 Å². The van der Waals surface area contributed by atoms with Crippen LogP contribution in [0.4, 0.5) is 4.79 Å². The van der Waals surface area contributed by atoms with Gasteiger partial charge in [-0.15, -0.1) is 0 Å². The molecule has 0 aliphatic heterocycles. The summed E-state index contributed by atoms with van der Waals surface area (Å²) in [6.45, 7) is 14.7. The molecule has 1 aromatic carbocycles. The lowest BCUT2D eigenvalue weighted by Gasteiger charge is -2.36. The summed E-state index contributed by atoms with van der Waals surface area (Å²) in [6, 6.07) is 3.74. The number of carbonyl (C=O) groups excluding carboxylic acids is 4. The standard InChI is InChI=1S/C28H45N3O6/c1-10-11-12-16-31(26(34)23(18(2)3)30-27(35)37-28(6,7)8)24(25(33)29-17-21(32)36-9)22-19(4)14-13-15-20(22)5/h13-15,18,23-24H,10-12,16-17H2,1-9H3,(H,29,33)(H,30,35). The molecule has 1 rings (SSSR count). The Hall–Kier alpha value is -3.10. The molecule has 9 nitrogen and oxygen atoms in total. The van der Waals surface area contributed by atoms with Crippen LogP contribution in [0, 0.1) is 19.8 Å². The highest BCUT2D eigenvalue weighted by Crippen LogP contribution is 2.29. The maximum atomic E-state index is 14.1. The average Bonchev–Trinajstić information content (AvgIpc) is 2.80. The van der Waals surface area contributed by atoms with Crippen molar-refractivity contribution in [2.24, 2.45) is 5.92 Å². The summed E-state index contributed by atoms with van der Waals surface area (Å²) < 4.78 is 10.1. The Morgan fingerprint density at radius 2 is 1.62 bits per heavy atom. The van der Waals surface area contributed by atoms with E-state index < -0.39 is 41.6 Å². The van der Waals surface area contributed by atoms with Crippen LogP contribution in [-0.4, -0.2) is 60.6 Å². The number of benzene rings is 1. The number of amides is 3. The van der Waals surface area contributed by atoms with E-state index in [4.69, 9.17) is 4.74 Å². The van der Waals surface area contributed by atoms with E-state index in [0.717, 1.165) is 24.0 Å². The van der Waals surface area contributed by atoms with Crippen molar-refractivity contribution in [1.29, 1.82) is 0 Å². The van der Waals surface area contributed by atoms with Crippen LogP contribution in [0.3, 0.4) is 0 Å². The molecule has 0 radical (unpaired) electrons. The molecule has 9 heteroatoms. The largest absolute Gasteiger partial charge is 0.468 e. The first kappa shape index (κ1) is 31.9. The number of alkyl carbamates (subject to hydrolysis) is 1. The van der Waals surface area contributed by atoms with Gasteiger partial charge in [0.2, 0.25) is 11.8 Å². The maximum Gasteiger partial charge on any atom is 0.408 e. The number of hydrogen-bond donors (Lipinski definition) is 2. The van der Waals surface area contributed by atoms with Crippen molar-refractivity contribution in [2.75, 3.05) is 20.2 Å². The zero-order valence-corrected chi connectivity index (χ0v) is 23.9. The molecule has 0 spiro atoms. The minimum atomic E-state index is -1.00. The van der Waals surface area contributed by atoms with Gasteiger partial charge in [-0.25, -0.2) is 4.79 Å². The molecule has 0 aliphatic carbocycles. The van der Waals surface area contributed by atoms with Crippen LogP contribution >= 0.6 is 0 Å². The summed E-state index contributed by atoms with van der Waals surface area (Å²) >= 11 is 0. The molecule has 0 aliphatic rings. The third-order valence-corrected chi connectivity index (χ3v) is 5.90. The van der Waals surface area contributed by atoms with E-state index in [1.165, 1.54) is 12.0 Å². The molecule has 0 heterocycles. The number of nitrogens with one attached hydrogen (secondary N) is 2. The number of rotatable bonds is 12. The number of aryl methyl sites for hydroxylation is 2. The smallest absolute Gasteiger partial charge is 0.408 e. The predicted octanol–water partition coefficient (Wildman–Crippen LogP) is 4.20. The minimum absolute atomic E-state index is 0.273. The van der Waals surface area contributed by atoms with Gasteiger partial charge in [0.05, 0.1) is 7.11 Å². The van der Waals surface area contributed by atoms with Crippen LogP contribution in [0.15, 0.2) is 18.2 Å². The van der Waals surface area contributed by atoms with Crippen molar-refractivity contribution in [1.82, 2.24) is 15.5 Å². The van der Waals surface area contributed by atoms with Crippen LogP contribution in [0.5, 0.6) is 0 Å². The monoisotopic (exact) mass is 519 g/mol. The summed E-state index contributed by atoms with van der Waals surface area (Å²) in [7, 11) is 1.24. The fourth-order valence-electron chi connectivity index (χ4n) is 4.04. The SMILES string of the molecule is CCCCCN(C(=O)C(NC(=O)OC(C)(C)C)C(C)C)C(C(=O)NCC(=O)OC)c1c(C)cccc1C. The molecule has 0 saturated heterocycles. The molecule has 2 atom stereocenters. The van der Waals surface area contributed by atoms with Crippen molar-refractivity contribution in [3.63, 3.8) is 0 Å². The second kappa shape index (κ2) is 14.6. The van der Waals surface area contributed by atoms with Crippen LogP contribution in [0.1, 0.15) is 83.5 Å². The number of esters is 1. The van der Waals surface area contributed by atoms with Gasteiger partial charge in [0.15, 0.2) is 0 Å². The zero-order chi connectivity index (χ0) is 28.3. The highest BCUT2D eigenvalue weighted by molar-refractivity contribution is 5.93.